The zero-order valence-corrected chi connectivity index (χ0v) is 15.8. The molecule has 1 aromatic carbocycles. The summed E-state index contributed by atoms with van der Waals surface area (Å²) in [4.78, 5) is 17.7. The normalized spacial score (nSPS) is 13.1. The number of primary amides is 1. The highest BCUT2D eigenvalue weighted by Gasteiger charge is 2.24. The lowest BCUT2D eigenvalue weighted by Gasteiger charge is -2.24. The van der Waals surface area contributed by atoms with Crippen LogP contribution >= 0.6 is 22.9 Å². The number of thiophene rings is 1. The Bertz CT molecular complexity index is 1000. The molecule has 0 spiro atoms. The van der Waals surface area contributed by atoms with Gasteiger partial charge in [0.05, 0.1) is 18.4 Å². The molecule has 6 nitrogen and oxygen atoms in total. The Hall–Kier alpha value is -2.90. The SMILES string of the molecule is NC(=O)CN1Cc2sc(-c3ccc(Cl)cc3)cc2C(Nc2cccnc2)=N1. The highest BCUT2D eigenvalue weighted by molar-refractivity contribution is 7.15. The molecule has 0 fully saturated rings. The molecule has 0 radical (unpaired) electrons. The van der Waals surface area contributed by atoms with Crippen molar-refractivity contribution >= 4 is 40.4 Å². The van der Waals surface area contributed by atoms with Crippen LogP contribution < -0.4 is 11.1 Å². The number of hydrogen-bond donors (Lipinski definition) is 2. The molecule has 1 aliphatic heterocycles. The Morgan fingerprint density at radius 2 is 2.11 bits per heavy atom. The molecular formula is C19H16ClN5OS. The third-order valence-corrected chi connectivity index (χ3v) is 5.44. The van der Waals surface area contributed by atoms with Gasteiger partial charge in [-0.2, -0.15) is 5.10 Å². The standard InChI is InChI=1S/C19H16ClN5OS/c20-13-5-3-12(4-6-13)16-8-15-17(27-16)10-25(11-18(21)26)24-19(15)23-14-2-1-7-22-9-14/h1-9H,10-11H2,(H2,21,26)(H,23,24). The smallest absolute Gasteiger partial charge is 0.238 e. The molecule has 136 valence electrons. The average molecular weight is 398 g/mol. The van der Waals surface area contributed by atoms with Crippen molar-refractivity contribution in [1.82, 2.24) is 9.99 Å². The van der Waals surface area contributed by atoms with E-state index in [-0.39, 0.29) is 6.54 Å². The number of nitrogens with zero attached hydrogens (tertiary/aromatic N) is 3. The first-order valence-corrected chi connectivity index (χ1v) is 9.46. The van der Waals surface area contributed by atoms with E-state index in [1.807, 2.05) is 36.4 Å². The van der Waals surface area contributed by atoms with E-state index in [1.54, 1.807) is 28.7 Å². The molecule has 0 aliphatic carbocycles. The van der Waals surface area contributed by atoms with Gasteiger partial charge in [0.25, 0.3) is 0 Å². The fourth-order valence-corrected chi connectivity index (χ4v) is 4.14. The molecule has 8 heteroatoms. The van der Waals surface area contributed by atoms with Crippen LogP contribution in [0.5, 0.6) is 0 Å². The van der Waals surface area contributed by atoms with E-state index >= 15 is 0 Å². The number of hydrogen-bond acceptors (Lipinski definition) is 6. The van der Waals surface area contributed by atoms with Gasteiger partial charge >= 0.3 is 0 Å². The monoisotopic (exact) mass is 397 g/mol. The first-order valence-electron chi connectivity index (χ1n) is 8.26. The Balaban J connectivity index is 1.71. The lowest BCUT2D eigenvalue weighted by atomic mass is 10.1. The molecule has 2 aromatic heterocycles. The maximum Gasteiger partial charge on any atom is 0.238 e. The maximum atomic E-state index is 11.4. The van der Waals surface area contributed by atoms with E-state index in [0.717, 1.165) is 26.6 Å². The van der Waals surface area contributed by atoms with Gasteiger partial charge in [-0.25, -0.2) is 0 Å². The second kappa shape index (κ2) is 7.38. The third-order valence-electron chi connectivity index (χ3n) is 4.02. The number of benzene rings is 1. The van der Waals surface area contributed by atoms with Crippen molar-refractivity contribution in [3.63, 3.8) is 0 Å². The predicted molar refractivity (Wildman–Crippen MR) is 109 cm³/mol. The Labute approximate surface area is 165 Å². The zero-order chi connectivity index (χ0) is 18.8. The van der Waals surface area contributed by atoms with Gasteiger partial charge < -0.3 is 11.1 Å². The second-order valence-electron chi connectivity index (χ2n) is 6.06. The number of pyridine rings is 1. The van der Waals surface area contributed by atoms with Crippen molar-refractivity contribution in [1.29, 1.82) is 0 Å². The van der Waals surface area contributed by atoms with Crippen LogP contribution in [-0.4, -0.2) is 28.3 Å². The summed E-state index contributed by atoms with van der Waals surface area (Å²) in [5.41, 5.74) is 8.28. The topological polar surface area (TPSA) is 83.6 Å². The number of rotatable bonds is 4. The third kappa shape index (κ3) is 3.94. The minimum absolute atomic E-state index is 0.0613. The van der Waals surface area contributed by atoms with Gasteiger partial charge in [-0.15, -0.1) is 11.3 Å². The molecule has 27 heavy (non-hydrogen) atoms. The number of carbonyl (C=O) groups is 1. The van der Waals surface area contributed by atoms with E-state index in [4.69, 9.17) is 17.3 Å². The molecule has 4 rings (SSSR count). The lowest BCUT2D eigenvalue weighted by molar-refractivity contribution is -0.119. The number of nitrogens with two attached hydrogens (primary N) is 1. The summed E-state index contributed by atoms with van der Waals surface area (Å²) in [6, 6.07) is 13.6. The van der Waals surface area contributed by atoms with Crippen molar-refractivity contribution in [2.45, 2.75) is 6.54 Å². The van der Waals surface area contributed by atoms with Crippen LogP contribution in [0.2, 0.25) is 5.02 Å². The van der Waals surface area contributed by atoms with Gasteiger partial charge in [0.15, 0.2) is 5.84 Å². The van der Waals surface area contributed by atoms with Gasteiger partial charge in [-0.05, 0) is 35.9 Å². The van der Waals surface area contributed by atoms with E-state index in [2.05, 4.69) is 21.5 Å². The quantitative estimate of drug-likeness (QED) is 0.705. The highest BCUT2D eigenvalue weighted by Crippen LogP contribution is 2.35. The van der Waals surface area contributed by atoms with Crippen LogP contribution in [0, 0.1) is 0 Å². The summed E-state index contributed by atoms with van der Waals surface area (Å²) >= 11 is 7.67. The fraction of sp³-hybridized carbons (Fsp3) is 0.105. The van der Waals surface area contributed by atoms with E-state index < -0.39 is 5.91 Å². The molecule has 0 saturated carbocycles. The van der Waals surface area contributed by atoms with Crippen LogP contribution in [0.1, 0.15) is 10.4 Å². The Morgan fingerprint density at radius 3 is 2.81 bits per heavy atom. The summed E-state index contributed by atoms with van der Waals surface area (Å²) in [5, 5.41) is 10.2. The summed E-state index contributed by atoms with van der Waals surface area (Å²) in [6.45, 7) is 0.598. The zero-order valence-electron chi connectivity index (χ0n) is 14.2. The molecular weight excluding hydrogens is 382 g/mol. The van der Waals surface area contributed by atoms with E-state index in [1.165, 1.54) is 0 Å². The van der Waals surface area contributed by atoms with Gasteiger partial charge in [0, 0.05) is 26.5 Å². The van der Waals surface area contributed by atoms with Gasteiger partial charge in [0.2, 0.25) is 5.91 Å². The number of aromatic nitrogens is 1. The number of amidine groups is 1. The number of carbonyl (C=O) groups excluding carboxylic acids is 1. The molecule has 3 heterocycles. The maximum absolute atomic E-state index is 11.4. The van der Waals surface area contributed by atoms with Gasteiger partial charge in [-0.3, -0.25) is 14.8 Å². The number of amides is 1. The first kappa shape index (κ1) is 17.5. The highest BCUT2D eigenvalue weighted by atomic mass is 35.5. The van der Waals surface area contributed by atoms with Crippen LogP contribution in [0.4, 0.5) is 5.69 Å². The number of halogens is 1. The molecule has 3 N–H and O–H groups in total. The Morgan fingerprint density at radius 1 is 1.30 bits per heavy atom. The summed E-state index contributed by atoms with van der Waals surface area (Å²) in [7, 11) is 0. The second-order valence-corrected chi connectivity index (χ2v) is 7.63. The van der Waals surface area contributed by atoms with Crippen LogP contribution in [-0.2, 0) is 11.3 Å². The summed E-state index contributed by atoms with van der Waals surface area (Å²) < 4.78 is 0. The predicted octanol–water partition coefficient (Wildman–Crippen LogP) is 3.54. The average Bonchev–Trinajstić information content (AvgIpc) is 3.07. The molecule has 0 atom stereocenters. The van der Waals surface area contributed by atoms with Crippen molar-refractivity contribution < 1.29 is 4.79 Å². The largest absolute Gasteiger partial charge is 0.368 e. The molecule has 1 amide bonds. The molecule has 1 aliphatic rings. The lowest BCUT2D eigenvalue weighted by Crippen LogP contribution is -2.34. The van der Waals surface area contributed by atoms with Crippen molar-refractivity contribution in [2.24, 2.45) is 10.8 Å². The number of nitrogens with one attached hydrogen (secondary N) is 1. The van der Waals surface area contributed by atoms with Crippen molar-refractivity contribution in [2.75, 3.05) is 11.9 Å². The number of fused-ring (bicyclic) bond motifs is 1. The summed E-state index contributed by atoms with van der Waals surface area (Å²) in [5.74, 6) is 0.249. The molecule has 0 bridgehead atoms. The van der Waals surface area contributed by atoms with Crippen LogP contribution in [0.15, 0.2) is 60.0 Å². The van der Waals surface area contributed by atoms with Crippen molar-refractivity contribution in [3.8, 4) is 10.4 Å². The van der Waals surface area contributed by atoms with Crippen LogP contribution in [0.3, 0.4) is 0 Å². The minimum atomic E-state index is -0.419. The molecule has 3 aromatic rings. The Kier molecular flexibility index (Phi) is 4.79. The van der Waals surface area contributed by atoms with Gasteiger partial charge in [-0.1, -0.05) is 23.7 Å². The fourth-order valence-electron chi connectivity index (χ4n) is 2.84. The van der Waals surface area contributed by atoms with Gasteiger partial charge in [0.1, 0.15) is 6.54 Å². The van der Waals surface area contributed by atoms with Crippen molar-refractivity contribution in [3.05, 3.63) is 70.3 Å². The molecule has 0 saturated heterocycles. The minimum Gasteiger partial charge on any atom is -0.368 e. The summed E-state index contributed by atoms with van der Waals surface area (Å²) in [6.07, 6.45) is 3.43. The number of hydrazone groups is 1. The van der Waals surface area contributed by atoms with Crippen LogP contribution in [0.25, 0.3) is 10.4 Å². The number of anilines is 1. The van der Waals surface area contributed by atoms with E-state index in [0.29, 0.717) is 17.4 Å². The first-order chi connectivity index (χ1) is 13.1. The van der Waals surface area contributed by atoms with E-state index in [9.17, 15) is 4.79 Å². The molecule has 0 unspecified atom stereocenters.